The number of nitrogens with zero attached hydrogens (tertiary/aromatic N) is 2. The van der Waals surface area contributed by atoms with Crippen molar-refractivity contribution in [3.8, 4) is 0 Å². The monoisotopic (exact) mass is 433 g/mol. The third-order valence-corrected chi connectivity index (χ3v) is 6.38. The maximum absolute atomic E-state index is 12.7. The van der Waals surface area contributed by atoms with Crippen molar-refractivity contribution in [1.82, 2.24) is 15.1 Å². The summed E-state index contributed by atoms with van der Waals surface area (Å²) in [5.41, 5.74) is 3.66. The summed E-state index contributed by atoms with van der Waals surface area (Å²) in [6, 6.07) is 12.4. The third kappa shape index (κ3) is 4.28. The van der Waals surface area contributed by atoms with E-state index < -0.39 is 0 Å². The maximum atomic E-state index is 12.7. The molecule has 166 valence electrons. The second-order valence-corrected chi connectivity index (χ2v) is 8.49. The molecule has 0 aromatic heterocycles. The number of hydrogen-bond donors (Lipinski definition) is 1. The molecule has 2 aliphatic rings. The van der Waals surface area contributed by atoms with Crippen molar-refractivity contribution in [1.29, 1.82) is 0 Å². The van der Waals surface area contributed by atoms with E-state index in [0.717, 1.165) is 16.0 Å². The molecule has 7 heteroatoms. The van der Waals surface area contributed by atoms with Gasteiger partial charge in [-0.3, -0.25) is 24.1 Å². The first kappa shape index (κ1) is 21.7. The molecule has 0 radical (unpaired) electrons. The molecule has 0 bridgehead atoms. The third-order valence-electron chi connectivity index (χ3n) is 6.38. The first-order valence-corrected chi connectivity index (χ1v) is 11.0. The topological polar surface area (TPSA) is 86.8 Å². The van der Waals surface area contributed by atoms with Crippen LogP contribution >= 0.6 is 0 Å². The molecule has 2 aromatic rings. The van der Waals surface area contributed by atoms with Gasteiger partial charge in [0, 0.05) is 37.7 Å². The van der Waals surface area contributed by atoms with E-state index in [0.29, 0.717) is 42.6 Å². The van der Waals surface area contributed by atoms with E-state index in [4.69, 9.17) is 0 Å². The predicted octanol–water partition coefficient (Wildman–Crippen LogP) is 2.71. The maximum Gasteiger partial charge on any atom is 0.261 e. The molecule has 4 rings (SSSR count). The molecule has 7 nitrogen and oxygen atoms in total. The molecule has 0 saturated carbocycles. The molecule has 1 saturated heterocycles. The van der Waals surface area contributed by atoms with Crippen LogP contribution in [0.15, 0.2) is 42.5 Å². The van der Waals surface area contributed by atoms with Crippen LogP contribution in [0.3, 0.4) is 0 Å². The lowest BCUT2D eigenvalue weighted by Crippen LogP contribution is -2.47. The fourth-order valence-electron chi connectivity index (χ4n) is 4.23. The van der Waals surface area contributed by atoms with Crippen LogP contribution in [0.1, 0.15) is 61.5 Å². The second-order valence-electron chi connectivity index (χ2n) is 8.49. The molecule has 2 aromatic carbocycles. The van der Waals surface area contributed by atoms with Gasteiger partial charge in [-0.1, -0.05) is 18.2 Å². The summed E-state index contributed by atoms with van der Waals surface area (Å²) in [7, 11) is 0. The van der Waals surface area contributed by atoms with Crippen molar-refractivity contribution in [3.05, 3.63) is 70.3 Å². The van der Waals surface area contributed by atoms with Crippen LogP contribution in [0.25, 0.3) is 0 Å². The van der Waals surface area contributed by atoms with E-state index in [-0.39, 0.29) is 42.6 Å². The van der Waals surface area contributed by atoms with Gasteiger partial charge in [-0.2, -0.15) is 0 Å². The van der Waals surface area contributed by atoms with Crippen molar-refractivity contribution in [3.63, 3.8) is 0 Å². The van der Waals surface area contributed by atoms with Crippen LogP contribution in [-0.2, 0) is 4.79 Å². The van der Waals surface area contributed by atoms with Crippen LogP contribution in [0, 0.1) is 13.8 Å². The summed E-state index contributed by atoms with van der Waals surface area (Å²) in [5.74, 6) is -0.860. The van der Waals surface area contributed by atoms with Gasteiger partial charge < -0.3 is 10.2 Å². The smallest absolute Gasteiger partial charge is 0.261 e. The number of aryl methyl sites for hydroxylation is 2. The number of nitrogens with one attached hydrogen (secondary N) is 1. The van der Waals surface area contributed by atoms with Crippen molar-refractivity contribution in [2.45, 2.75) is 39.2 Å². The minimum absolute atomic E-state index is 0.0180. The number of hydrogen-bond acceptors (Lipinski definition) is 4. The molecule has 4 amide bonds. The first-order valence-electron chi connectivity index (χ1n) is 11.0. The Morgan fingerprint density at radius 2 is 1.56 bits per heavy atom. The van der Waals surface area contributed by atoms with Gasteiger partial charge in [0.15, 0.2) is 0 Å². The minimum Gasteiger partial charge on any atom is -0.349 e. The quantitative estimate of drug-likeness (QED) is 0.735. The number of amides is 4. The highest BCUT2D eigenvalue weighted by Crippen LogP contribution is 2.23. The Kier molecular flexibility index (Phi) is 6.08. The highest BCUT2D eigenvalue weighted by molar-refractivity contribution is 6.21. The molecule has 0 aliphatic carbocycles. The Balaban J connectivity index is 1.25. The van der Waals surface area contributed by atoms with Gasteiger partial charge in [0.1, 0.15) is 0 Å². The molecular weight excluding hydrogens is 406 g/mol. The van der Waals surface area contributed by atoms with E-state index in [9.17, 15) is 19.2 Å². The first-order chi connectivity index (χ1) is 15.3. The number of likely N-dealkylation sites (tertiary alicyclic amines) is 1. The normalized spacial score (nSPS) is 16.3. The fourth-order valence-corrected chi connectivity index (χ4v) is 4.23. The Labute approximate surface area is 187 Å². The molecular formula is C25H27N3O4. The number of fused-ring (bicyclic) bond motifs is 1. The number of carbonyl (C=O) groups excluding carboxylic acids is 4. The van der Waals surface area contributed by atoms with E-state index in [1.54, 1.807) is 29.2 Å². The van der Waals surface area contributed by atoms with E-state index in [1.165, 1.54) is 0 Å². The van der Waals surface area contributed by atoms with Gasteiger partial charge >= 0.3 is 0 Å². The van der Waals surface area contributed by atoms with Gasteiger partial charge in [-0.25, -0.2) is 0 Å². The molecule has 32 heavy (non-hydrogen) atoms. The summed E-state index contributed by atoms with van der Waals surface area (Å²) in [4.78, 5) is 53.0. The lowest BCUT2D eigenvalue weighted by Gasteiger charge is -2.32. The Bertz CT molecular complexity index is 1050. The number of imide groups is 1. The number of piperidine rings is 1. The van der Waals surface area contributed by atoms with Gasteiger partial charge in [-0.05, 0) is 62.1 Å². The van der Waals surface area contributed by atoms with Crippen molar-refractivity contribution in [2.24, 2.45) is 0 Å². The van der Waals surface area contributed by atoms with Gasteiger partial charge in [0.25, 0.3) is 17.7 Å². The van der Waals surface area contributed by atoms with Crippen molar-refractivity contribution >= 4 is 23.6 Å². The zero-order valence-electron chi connectivity index (χ0n) is 18.4. The zero-order valence-corrected chi connectivity index (χ0v) is 18.4. The number of carbonyl (C=O) groups is 4. The summed E-state index contributed by atoms with van der Waals surface area (Å²) >= 11 is 0. The molecule has 1 N–H and O–H groups in total. The SMILES string of the molecule is Cc1ccc(C(=O)NC2CCN(C(=O)CCN3C(=O)c4ccccc4C3=O)CC2)cc1C. The van der Waals surface area contributed by atoms with Crippen molar-refractivity contribution < 1.29 is 19.2 Å². The number of rotatable bonds is 5. The van der Waals surface area contributed by atoms with Crippen LogP contribution < -0.4 is 5.32 Å². The average molecular weight is 434 g/mol. The average Bonchev–Trinajstić information content (AvgIpc) is 3.04. The van der Waals surface area contributed by atoms with Gasteiger partial charge in [0.2, 0.25) is 5.91 Å². The predicted molar refractivity (Wildman–Crippen MR) is 119 cm³/mol. The summed E-state index contributed by atoms with van der Waals surface area (Å²) in [6.45, 7) is 5.16. The van der Waals surface area contributed by atoms with E-state index in [1.807, 2.05) is 32.0 Å². The summed E-state index contributed by atoms with van der Waals surface area (Å²) < 4.78 is 0. The highest BCUT2D eigenvalue weighted by Gasteiger charge is 2.35. The summed E-state index contributed by atoms with van der Waals surface area (Å²) in [6.07, 6.45) is 1.45. The molecule has 2 aliphatic heterocycles. The van der Waals surface area contributed by atoms with Gasteiger partial charge in [-0.15, -0.1) is 0 Å². The standard InChI is InChI=1S/C25H27N3O4/c1-16-7-8-18(15-17(16)2)23(30)26-19-9-12-27(13-10-19)22(29)11-14-28-24(31)20-5-3-4-6-21(20)25(28)32/h3-8,15,19H,9-14H2,1-2H3,(H,26,30). The van der Waals surface area contributed by atoms with Crippen LogP contribution in [0.2, 0.25) is 0 Å². The molecule has 2 heterocycles. The Morgan fingerprint density at radius 3 is 2.16 bits per heavy atom. The zero-order chi connectivity index (χ0) is 22.8. The van der Waals surface area contributed by atoms with E-state index in [2.05, 4.69) is 5.32 Å². The number of benzene rings is 2. The molecule has 0 unspecified atom stereocenters. The Hall–Kier alpha value is -3.48. The van der Waals surface area contributed by atoms with Crippen molar-refractivity contribution in [2.75, 3.05) is 19.6 Å². The van der Waals surface area contributed by atoms with Crippen LogP contribution in [0.5, 0.6) is 0 Å². The fraction of sp³-hybridized carbons (Fsp3) is 0.360. The minimum atomic E-state index is -0.342. The van der Waals surface area contributed by atoms with E-state index >= 15 is 0 Å². The largest absolute Gasteiger partial charge is 0.349 e. The molecule has 0 atom stereocenters. The van der Waals surface area contributed by atoms with Crippen LogP contribution in [0.4, 0.5) is 0 Å². The lowest BCUT2D eigenvalue weighted by molar-refractivity contribution is -0.132. The molecule has 1 fully saturated rings. The second kappa shape index (κ2) is 8.94. The van der Waals surface area contributed by atoms with Crippen LogP contribution in [-0.4, -0.2) is 59.1 Å². The molecule has 0 spiro atoms. The summed E-state index contributed by atoms with van der Waals surface area (Å²) in [5, 5.41) is 3.07. The Morgan fingerprint density at radius 1 is 0.938 bits per heavy atom. The van der Waals surface area contributed by atoms with Gasteiger partial charge in [0.05, 0.1) is 11.1 Å². The highest BCUT2D eigenvalue weighted by atomic mass is 16.2. The lowest BCUT2D eigenvalue weighted by atomic mass is 10.0.